The van der Waals surface area contributed by atoms with Gasteiger partial charge in [-0.15, -0.1) is 0 Å². The van der Waals surface area contributed by atoms with Crippen LogP contribution in [0.15, 0.2) is 0 Å². The van der Waals surface area contributed by atoms with E-state index < -0.39 is 0 Å². The van der Waals surface area contributed by atoms with E-state index in [1.807, 2.05) is 13.8 Å². The normalized spacial score (nSPS) is 13.5. The Morgan fingerprint density at radius 3 is 2.00 bits per heavy atom. The second-order valence-corrected chi connectivity index (χ2v) is 2.27. The Labute approximate surface area is 67.7 Å². The van der Waals surface area contributed by atoms with Crippen LogP contribution in [0.2, 0.25) is 0 Å². The molecule has 0 fully saturated rings. The van der Waals surface area contributed by atoms with Crippen molar-refractivity contribution in [3.8, 4) is 0 Å². The number of carbonyl (C=O) groups excluding carboxylic acids is 1. The van der Waals surface area contributed by atoms with Gasteiger partial charge in [-0.05, 0) is 13.8 Å². The Morgan fingerprint density at radius 1 is 1.27 bits per heavy atom. The Balaban J connectivity index is 3.75. The topological polar surface area (TPSA) is 35.5 Å². The molecule has 0 N–H and O–H groups in total. The number of hydrogen-bond acceptors (Lipinski definition) is 3. The molecule has 0 aromatic carbocycles. The summed E-state index contributed by atoms with van der Waals surface area (Å²) < 4.78 is 10.4. The molecule has 3 nitrogen and oxygen atoms in total. The molecule has 1 atom stereocenters. The minimum absolute atomic E-state index is 0.185. The number of aldehydes is 1. The van der Waals surface area contributed by atoms with Crippen LogP contribution in [-0.4, -0.2) is 25.8 Å². The van der Waals surface area contributed by atoms with Gasteiger partial charge in [0.25, 0.3) is 0 Å². The average molecular weight is 160 g/mol. The molecule has 66 valence electrons. The van der Waals surface area contributed by atoms with Crippen LogP contribution in [0.4, 0.5) is 0 Å². The molecule has 3 heteroatoms. The SMILES string of the molecule is CCOC(OCC)C(C)C=O. The van der Waals surface area contributed by atoms with Gasteiger partial charge in [0.15, 0.2) is 6.29 Å². The lowest BCUT2D eigenvalue weighted by Gasteiger charge is -2.18. The Bertz CT molecular complexity index is 97.5. The van der Waals surface area contributed by atoms with Crippen molar-refractivity contribution in [2.24, 2.45) is 5.92 Å². The van der Waals surface area contributed by atoms with Crippen LogP contribution >= 0.6 is 0 Å². The molecule has 0 heterocycles. The van der Waals surface area contributed by atoms with Crippen molar-refractivity contribution in [2.45, 2.75) is 27.1 Å². The fraction of sp³-hybridized carbons (Fsp3) is 0.875. The molecule has 11 heavy (non-hydrogen) atoms. The standard InChI is InChI=1S/C8H16O3/c1-4-10-8(11-5-2)7(3)6-9/h6-8H,4-5H2,1-3H3. The highest BCUT2D eigenvalue weighted by molar-refractivity contribution is 5.53. The van der Waals surface area contributed by atoms with Gasteiger partial charge in [-0.2, -0.15) is 0 Å². The number of ether oxygens (including phenoxy) is 2. The molecule has 0 aliphatic rings. The fourth-order valence-electron chi connectivity index (χ4n) is 0.744. The van der Waals surface area contributed by atoms with E-state index in [2.05, 4.69) is 0 Å². The van der Waals surface area contributed by atoms with E-state index in [4.69, 9.17) is 9.47 Å². The number of carbonyl (C=O) groups is 1. The van der Waals surface area contributed by atoms with Gasteiger partial charge in [0.05, 0.1) is 5.92 Å². The van der Waals surface area contributed by atoms with Gasteiger partial charge in [0.1, 0.15) is 6.29 Å². The van der Waals surface area contributed by atoms with Crippen LogP contribution in [0, 0.1) is 5.92 Å². The predicted octanol–water partition coefficient (Wildman–Crippen LogP) is 1.22. The monoisotopic (exact) mass is 160 g/mol. The van der Waals surface area contributed by atoms with Crippen molar-refractivity contribution in [1.82, 2.24) is 0 Å². The molecule has 0 rings (SSSR count). The largest absolute Gasteiger partial charge is 0.352 e. The number of rotatable bonds is 6. The first-order valence-electron chi connectivity index (χ1n) is 3.94. The highest BCUT2D eigenvalue weighted by Gasteiger charge is 2.15. The highest BCUT2D eigenvalue weighted by atomic mass is 16.7. The molecule has 0 radical (unpaired) electrons. The second-order valence-electron chi connectivity index (χ2n) is 2.27. The zero-order valence-electron chi connectivity index (χ0n) is 7.37. The van der Waals surface area contributed by atoms with Gasteiger partial charge >= 0.3 is 0 Å². The third kappa shape index (κ3) is 4.11. The first-order chi connectivity index (χ1) is 5.26. The lowest BCUT2D eigenvalue weighted by Crippen LogP contribution is -2.26. The third-order valence-electron chi connectivity index (χ3n) is 1.31. The molecular weight excluding hydrogens is 144 g/mol. The van der Waals surface area contributed by atoms with Gasteiger partial charge in [-0.3, -0.25) is 0 Å². The maximum atomic E-state index is 10.3. The summed E-state index contributed by atoms with van der Waals surface area (Å²) in [6.45, 7) is 6.68. The molecule has 0 saturated carbocycles. The van der Waals surface area contributed by atoms with Crippen LogP contribution < -0.4 is 0 Å². The maximum absolute atomic E-state index is 10.3. The molecule has 0 amide bonds. The zero-order chi connectivity index (χ0) is 8.69. The van der Waals surface area contributed by atoms with Crippen LogP contribution in [0.3, 0.4) is 0 Å². The molecule has 0 spiro atoms. The van der Waals surface area contributed by atoms with E-state index in [1.54, 1.807) is 6.92 Å². The molecule has 0 aliphatic carbocycles. The average Bonchev–Trinajstić information content (AvgIpc) is 2.03. The third-order valence-corrected chi connectivity index (χ3v) is 1.31. The smallest absolute Gasteiger partial charge is 0.166 e. The Kier molecular flexibility index (Phi) is 6.07. The molecule has 0 aromatic heterocycles. The maximum Gasteiger partial charge on any atom is 0.166 e. The Hall–Kier alpha value is -0.410. The van der Waals surface area contributed by atoms with E-state index in [9.17, 15) is 4.79 Å². The van der Waals surface area contributed by atoms with Crippen molar-refractivity contribution in [2.75, 3.05) is 13.2 Å². The second kappa shape index (κ2) is 6.31. The van der Waals surface area contributed by atoms with Crippen LogP contribution in [-0.2, 0) is 14.3 Å². The fourth-order valence-corrected chi connectivity index (χ4v) is 0.744. The van der Waals surface area contributed by atoms with Gasteiger partial charge in [0.2, 0.25) is 0 Å². The van der Waals surface area contributed by atoms with E-state index in [1.165, 1.54) is 0 Å². The molecule has 0 saturated heterocycles. The molecule has 0 aromatic rings. The highest BCUT2D eigenvalue weighted by Crippen LogP contribution is 2.05. The summed E-state index contributed by atoms with van der Waals surface area (Å²) in [4.78, 5) is 10.3. The lowest BCUT2D eigenvalue weighted by atomic mass is 10.2. The van der Waals surface area contributed by atoms with Crippen molar-refractivity contribution in [3.05, 3.63) is 0 Å². The Morgan fingerprint density at radius 2 is 1.73 bits per heavy atom. The first-order valence-corrected chi connectivity index (χ1v) is 3.94. The van der Waals surface area contributed by atoms with Gasteiger partial charge < -0.3 is 14.3 Å². The van der Waals surface area contributed by atoms with Gasteiger partial charge in [0, 0.05) is 13.2 Å². The minimum atomic E-state index is -0.373. The van der Waals surface area contributed by atoms with E-state index in [-0.39, 0.29) is 12.2 Å². The zero-order valence-corrected chi connectivity index (χ0v) is 7.37. The molecule has 0 bridgehead atoms. The van der Waals surface area contributed by atoms with Crippen LogP contribution in [0.5, 0.6) is 0 Å². The van der Waals surface area contributed by atoms with Crippen LogP contribution in [0.25, 0.3) is 0 Å². The molecule has 0 aliphatic heterocycles. The summed E-state index contributed by atoms with van der Waals surface area (Å²) in [7, 11) is 0. The first kappa shape index (κ1) is 10.6. The predicted molar refractivity (Wildman–Crippen MR) is 42.3 cm³/mol. The van der Waals surface area contributed by atoms with E-state index in [0.29, 0.717) is 13.2 Å². The van der Waals surface area contributed by atoms with E-state index in [0.717, 1.165) is 6.29 Å². The summed E-state index contributed by atoms with van der Waals surface area (Å²) in [5, 5.41) is 0. The summed E-state index contributed by atoms with van der Waals surface area (Å²) in [5.41, 5.74) is 0. The molecular formula is C8H16O3. The van der Waals surface area contributed by atoms with Crippen molar-refractivity contribution >= 4 is 6.29 Å². The summed E-state index contributed by atoms with van der Waals surface area (Å²) in [6, 6.07) is 0. The summed E-state index contributed by atoms with van der Waals surface area (Å²) in [6.07, 6.45) is 0.471. The quantitative estimate of drug-likeness (QED) is 0.433. The van der Waals surface area contributed by atoms with Gasteiger partial charge in [-0.1, -0.05) is 6.92 Å². The summed E-state index contributed by atoms with van der Waals surface area (Å²) >= 11 is 0. The van der Waals surface area contributed by atoms with Crippen molar-refractivity contribution < 1.29 is 14.3 Å². The minimum Gasteiger partial charge on any atom is -0.352 e. The molecule has 1 unspecified atom stereocenters. The summed E-state index contributed by atoms with van der Waals surface area (Å²) in [5.74, 6) is -0.185. The van der Waals surface area contributed by atoms with Crippen LogP contribution in [0.1, 0.15) is 20.8 Å². The van der Waals surface area contributed by atoms with Crippen molar-refractivity contribution in [1.29, 1.82) is 0 Å². The van der Waals surface area contributed by atoms with Gasteiger partial charge in [-0.25, -0.2) is 0 Å². The number of hydrogen-bond donors (Lipinski definition) is 0. The van der Waals surface area contributed by atoms with Crippen molar-refractivity contribution in [3.63, 3.8) is 0 Å². The lowest BCUT2D eigenvalue weighted by molar-refractivity contribution is -0.165. The van der Waals surface area contributed by atoms with E-state index >= 15 is 0 Å².